The second-order valence-electron chi connectivity index (χ2n) is 6.36. The second kappa shape index (κ2) is 8.34. The van der Waals surface area contributed by atoms with Crippen LogP contribution in [-0.2, 0) is 4.79 Å². The minimum absolute atomic E-state index is 0.0405. The van der Waals surface area contributed by atoms with Crippen molar-refractivity contribution in [3.63, 3.8) is 0 Å². The van der Waals surface area contributed by atoms with E-state index in [2.05, 4.69) is 31.8 Å². The van der Waals surface area contributed by atoms with Crippen molar-refractivity contribution in [3.8, 4) is 0 Å². The Hall–Kier alpha value is -1.71. The molecule has 0 spiro atoms. The van der Waals surface area contributed by atoms with Gasteiger partial charge in [-0.25, -0.2) is 10.4 Å². The molecule has 0 aromatic heterocycles. The number of fused-ring (bicyclic) bond motifs is 1. The van der Waals surface area contributed by atoms with E-state index in [0.29, 0.717) is 22.3 Å². The molecular formula is C19H16BrClN4O2S. The topological polar surface area (TPSA) is 73.8 Å². The van der Waals surface area contributed by atoms with Gasteiger partial charge in [0.05, 0.1) is 17.4 Å². The predicted molar refractivity (Wildman–Crippen MR) is 116 cm³/mol. The Morgan fingerprint density at radius 1 is 1.21 bits per heavy atom. The number of amidine groups is 1. The van der Waals surface area contributed by atoms with E-state index in [4.69, 9.17) is 11.6 Å². The number of nitrogens with zero attached hydrogens (tertiary/aromatic N) is 2. The van der Waals surface area contributed by atoms with Crippen LogP contribution in [-0.4, -0.2) is 35.3 Å². The number of nitrogens with one attached hydrogen (secondary N) is 2. The fourth-order valence-electron chi connectivity index (χ4n) is 3.05. The van der Waals surface area contributed by atoms with Crippen molar-refractivity contribution in [2.24, 2.45) is 10.9 Å². The number of rotatable bonds is 4. The van der Waals surface area contributed by atoms with Gasteiger partial charge in [-0.15, -0.1) is 0 Å². The zero-order valence-electron chi connectivity index (χ0n) is 14.6. The molecule has 2 aromatic carbocycles. The summed E-state index contributed by atoms with van der Waals surface area (Å²) in [6, 6.07) is 14.2. The van der Waals surface area contributed by atoms with Crippen LogP contribution < -0.4 is 15.8 Å². The van der Waals surface area contributed by atoms with Crippen LogP contribution in [0.25, 0.3) is 0 Å². The highest BCUT2D eigenvalue weighted by atomic mass is 79.9. The molecule has 9 heteroatoms. The molecule has 4 rings (SSSR count). The molecule has 2 aliphatic rings. The van der Waals surface area contributed by atoms with E-state index >= 15 is 0 Å². The van der Waals surface area contributed by atoms with Gasteiger partial charge in [-0.3, -0.25) is 19.9 Å². The quantitative estimate of drug-likeness (QED) is 0.657. The van der Waals surface area contributed by atoms with Crippen LogP contribution >= 0.6 is 39.3 Å². The number of hydrazine groups is 1. The molecule has 0 saturated carbocycles. The van der Waals surface area contributed by atoms with E-state index in [0.717, 1.165) is 10.2 Å². The van der Waals surface area contributed by atoms with Gasteiger partial charge in [0.25, 0.3) is 0 Å². The second-order valence-corrected chi connectivity index (χ2v) is 8.65. The molecule has 28 heavy (non-hydrogen) atoms. The minimum Gasteiger partial charge on any atom is -0.293 e. The Kier molecular flexibility index (Phi) is 5.84. The van der Waals surface area contributed by atoms with Crippen molar-refractivity contribution in [1.29, 1.82) is 0 Å². The highest BCUT2D eigenvalue weighted by Gasteiger charge is 2.42. The van der Waals surface area contributed by atoms with Crippen molar-refractivity contribution in [2.75, 3.05) is 17.2 Å². The smallest absolute Gasteiger partial charge is 0.241 e. The van der Waals surface area contributed by atoms with Crippen LogP contribution in [0.1, 0.15) is 10.4 Å². The molecule has 0 radical (unpaired) electrons. The van der Waals surface area contributed by atoms with Gasteiger partial charge >= 0.3 is 0 Å². The minimum atomic E-state index is -0.327. The van der Waals surface area contributed by atoms with Gasteiger partial charge < -0.3 is 0 Å². The lowest BCUT2D eigenvalue weighted by Gasteiger charge is -2.32. The first-order chi connectivity index (χ1) is 13.5. The van der Waals surface area contributed by atoms with E-state index in [-0.39, 0.29) is 29.5 Å². The first-order valence-electron chi connectivity index (χ1n) is 8.60. The van der Waals surface area contributed by atoms with Gasteiger partial charge in [-0.1, -0.05) is 39.3 Å². The molecule has 2 aromatic rings. The summed E-state index contributed by atoms with van der Waals surface area (Å²) in [5, 5.41) is 1.09. The maximum atomic E-state index is 13.1. The van der Waals surface area contributed by atoms with Crippen molar-refractivity contribution in [1.82, 2.24) is 10.9 Å². The van der Waals surface area contributed by atoms with Crippen molar-refractivity contribution < 1.29 is 9.59 Å². The summed E-state index contributed by atoms with van der Waals surface area (Å²) in [5.74, 6) is -0.195. The summed E-state index contributed by atoms with van der Waals surface area (Å²) in [6.07, 6.45) is -0.327. The van der Waals surface area contributed by atoms with Crippen LogP contribution in [0.15, 0.2) is 58.0 Å². The van der Waals surface area contributed by atoms with Gasteiger partial charge in [-0.2, -0.15) is 0 Å². The van der Waals surface area contributed by atoms with Crippen LogP contribution in [0, 0.1) is 5.92 Å². The van der Waals surface area contributed by atoms with E-state index < -0.39 is 0 Å². The normalized spacial score (nSPS) is 21.4. The molecule has 2 atom stereocenters. The van der Waals surface area contributed by atoms with E-state index in [9.17, 15) is 9.59 Å². The Bertz CT molecular complexity index is 936. The van der Waals surface area contributed by atoms with Crippen LogP contribution in [0.5, 0.6) is 0 Å². The van der Waals surface area contributed by atoms with E-state index in [1.165, 1.54) is 11.8 Å². The summed E-state index contributed by atoms with van der Waals surface area (Å²) >= 11 is 10.6. The number of benzene rings is 2. The SMILES string of the molecule is O=C(CSC1=NC2NNCC2C(=O)N1c1ccc(Br)cc1)c1ccc(Cl)cc1. The molecule has 2 unspecified atom stereocenters. The number of carbonyl (C=O) groups excluding carboxylic acids is 2. The number of amides is 1. The Labute approximate surface area is 179 Å². The predicted octanol–water partition coefficient (Wildman–Crippen LogP) is 3.47. The third kappa shape index (κ3) is 4.01. The molecule has 2 N–H and O–H groups in total. The number of Topliss-reactive ketones (excluding diaryl/α,β-unsaturated/α-hetero) is 1. The van der Waals surface area contributed by atoms with E-state index in [1.807, 2.05) is 24.3 Å². The molecule has 1 amide bonds. The van der Waals surface area contributed by atoms with Crippen LogP contribution in [0.4, 0.5) is 5.69 Å². The standard InChI is InChI=1S/C19H16BrClN4O2S/c20-12-3-7-14(8-4-12)25-18(27)15-9-22-24-17(15)23-19(25)28-10-16(26)11-1-5-13(21)6-2-11/h1-8,15,17,22,24H,9-10H2. The molecule has 2 heterocycles. The summed E-state index contributed by atoms with van der Waals surface area (Å²) < 4.78 is 0.923. The van der Waals surface area contributed by atoms with Gasteiger partial charge in [0, 0.05) is 21.6 Å². The molecule has 0 aliphatic carbocycles. The molecule has 144 valence electrons. The number of ketones is 1. The number of thioether (sulfide) groups is 1. The summed E-state index contributed by atoms with van der Waals surface area (Å²) in [7, 11) is 0. The Balaban J connectivity index is 1.58. The highest BCUT2D eigenvalue weighted by Crippen LogP contribution is 2.30. The van der Waals surface area contributed by atoms with Gasteiger partial charge in [0.1, 0.15) is 6.17 Å². The largest absolute Gasteiger partial charge is 0.293 e. The maximum Gasteiger partial charge on any atom is 0.241 e. The summed E-state index contributed by atoms with van der Waals surface area (Å²) in [5.41, 5.74) is 7.31. The van der Waals surface area contributed by atoms with Crippen LogP contribution in [0.3, 0.4) is 0 Å². The number of hydrogen-bond donors (Lipinski definition) is 2. The molecule has 1 fully saturated rings. The molecule has 1 saturated heterocycles. The lowest BCUT2D eigenvalue weighted by atomic mass is 10.0. The molecule has 0 bridgehead atoms. The molecule has 6 nitrogen and oxygen atoms in total. The van der Waals surface area contributed by atoms with Crippen molar-refractivity contribution in [3.05, 3.63) is 63.6 Å². The van der Waals surface area contributed by atoms with Crippen LogP contribution in [0.2, 0.25) is 5.02 Å². The van der Waals surface area contributed by atoms with Crippen molar-refractivity contribution >= 4 is 61.8 Å². The monoisotopic (exact) mass is 478 g/mol. The Morgan fingerprint density at radius 2 is 1.93 bits per heavy atom. The van der Waals surface area contributed by atoms with Gasteiger partial charge in [0.2, 0.25) is 5.91 Å². The first-order valence-corrected chi connectivity index (χ1v) is 10.8. The Morgan fingerprint density at radius 3 is 2.64 bits per heavy atom. The van der Waals surface area contributed by atoms with Crippen molar-refractivity contribution in [2.45, 2.75) is 6.17 Å². The lowest BCUT2D eigenvalue weighted by molar-refractivity contribution is -0.121. The lowest BCUT2D eigenvalue weighted by Crippen LogP contribution is -2.49. The molecule has 2 aliphatic heterocycles. The number of aliphatic imine (C=N–C) groups is 1. The fourth-order valence-corrected chi connectivity index (χ4v) is 4.38. The van der Waals surface area contributed by atoms with Gasteiger partial charge in [-0.05, 0) is 48.5 Å². The number of anilines is 1. The summed E-state index contributed by atoms with van der Waals surface area (Å²) in [6.45, 7) is 0.516. The first kappa shape index (κ1) is 19.6. The third-order valence-corrected chi connectivity index (χ3v) is 6.25. The fraction of sp³-hybridized carbons (Fsp3) is 0.211. The summed E-state index contributed by atoms with van der Waals surface area (Å²) in [4.78, 5) is 31.9. The zero-order chi connectivity index (χ0) is 19.7. The number of hydrogen-bond acceptors (Lipinski definition) is 6. The highest BCUT2D eigenvalue weighted by molar-refractivity contribution is 9.10. The third-order valence-electron chi connectivity index (χ3n) is 4.51. The maximum absolute atomic E-state index is 13.1. The number of halogens is 2. The number of carbonyl (C=O) groups is 2. The van der Waals surface area contributed by atoms with E-state index in [1.54, 1.807) is 29.2 Å². The average molecular weight is 480 g/mol. The zero-order valence-corrected chi connectivity index (χ0v) is 17.7. The average Bonchev–Trinajstić information content (AvgIpc) is 3.17. The molecular weight excluding hydrogens is 464 g/mol. The van der Waals surface area contributed by atoms with Gasteiger partial charge in [0.15, 0.2) is 11.0 Å².